The highest BCUT2D eigenvalue weighted by Crippen LogP contribution is 2.20. The van der Waals surface area contributed by atoms with E-state index in [-0.39, 0.29) is 0 Å². The Morgan fingerprint density at radius 1 is 1.27 bits per heavy atom. The molecule has 0 bridgehead atoms. The van der Waals surface area contributed by atoms with Crippen LogP contribution in [0.2, 0.25) is 0 Å². The lowest BCUT2D eigenvalue weighted by atomic mass is 10.1. The van der Waals surface area contributed by atoms with Crippen molar-refractivity contribution in [2.24, 2.45) is 0 Å². The Morgan fingerprint density at radius 2 is 1.82 bits per heavy atom. The van der Waals surface area contributed by atoms with Crippen molar-refractivity contribution < 1.29 is 25.2 Å². The molecule has 0 spiro atoms. The third-order valence-electron chi connectivity index (χ3n) is 1.60. The van der Waals surface area contributed by atoms with E-state index >= 15 is 0 Å². The van der Waals surface area contributed by atoms with Gasteiger partial charge in [0.1, 0.15) is 18.3 Å². The third-order valence-corrected chi connectivity index (χ3v) is 1.60. The minimum atomic E-state index is -1.46. The quantitative estimate of drug-likeness (QED) is 0.382. The molecule has 1 heterocycles. The Hall–Kier alpha value is -0.940. The van der Waals surface area contributed by atoms with Gasteiger partial charge in [0.2, 0.25) is 5.76 Å². The van der Waals surface area contributed by atoms with E-state index < -0.39 is 30.0 Å². The summed E-state index contributed by atoms with van der Waals surface area (Å²) in [5, 5.41) is 35.6. The van der Waals surface area contributed by atoms with Crippen molar-refractivity contribution in [1.82, 2.24) is 0 Å². The van der Waals surface area contributed by atoms with Crippen LogP contribution in [0.15, 0.2) is 11.7 Å². The minimum Gasteiger partial charge on any atom is -0.504 e. The summed E-state index contributed by atoms with van der Waals surface area (Å²) in [6, 6.07) is 0. The number of aliphatic hydroxyl groups excluding tert-OH is 4. The van der Waals surface area contributed by atoms with Crippen LogP contribution in [0, 0.1) is 0 Å². The van der Waals surface area contributed by atoms with Gasteiger partial charge < -0.3 is 25.2 Å². The summed E-state index contributed by atoms with van der Waals surface area (Å²) in [4.78, 5) is 0. The lowest BCUT2D eigenvalue weighted by molar-refractivity contribution is -0.118. The van der Waals surface area contributed by atoms with Crippen LogP contribution in [-0.2, 0) is 4.74 Å². The molecule has 5 heteroatoms. The third kappa shape index (κ3) is 1.24. The highest BCUT2D eigenvalue weighted by molar-refractivity contribution is 5.06. The van der Waals surface area contributed by atoms with Crippen LogP contribution in [-0.4, -0.2) is 38.7 Å². The molecule has 4 N–H and O–H groups in total. The fourth-order valence-electron chi connectivity index (χ4n) is 0.851. The molecule has 0 fully saturated rings. The van der Waals surface area contributed by atoms with Gasteiger partial charge in [-0.3, -0.25) is 0 Å². The zero-order valence-corrected chi connectivity index (χ0v) is 5.93. The maximum absolute atomic E-state index is 9.05. The van der Waals surface area contributed by atoms with Crippen LogP contribution in [0.5, 0.6) is 0 Å². The van der Waals surface area contributed by atoms with Gasteiger partial charge >= 0.3 is 5.95 Å². The molecule has 0 saturated carbocycles. The van der Waals surface area contributed by atoms with E-state index in [0.29, 0.717) is 0 Å². The maximum Gasteiger partial charge on any atom is 0.319 e. The first-order valence-electron chi connectivity index (χ1n) is 3.19. The van der Waals surface area contributed by atoms with E-state index in [1.807, 2.05) is 0 Å². The van der Waals surface area contributed by atoms with Gasteiger partial charge in [-0.05, 0) is 6.92 Å². The second-order valence-corrected chi connectivity index (χ2v) is 2.45. The molecule has 64 valence electrons. The molecule has 0 amide bonds. The number of hydrogen-bond acceptors (Lipinski definition) is 5. The van der Waals surface area contributed by atoms with Crippen molar-refractivity contribution in [3.63, 3.8) is 0 Å². The van der Waals surface area contributed by atoms with E-state index in [2.05, 4.69) is 4.74 Å². The average Bonchev–Trinajstić information content (AvgIpc) is 1.97. The molecule has 0 aliphatic carbocycles. The van der Waals surface area contributed by atoms with Gasteiger partial charge in [-0.25, -0.2) is 0 Å². The molecule has 1 aliphatic rings. The van der Waals surface area contributed by atoms with Crippen LogP contribution >= 0.6 is 0 Å². The molecule has 1 aliphatic heterocycles. The number of aliphatic hydroxyl groups is 4. The lowest BCUT2D eigenvalue weighted by Gasteiger charge is -2.28. The summed E-state index contributed by atoms with van der Waals surface area (Å²) in [5.41, 5.74) is 0. The smallest absolute Gasteiger partial charge is 0.319 e. The molecule has 0 unspecified atom stereocenters. The molecule has 11 heavy (non-hydrogen) atoms. The van der Waals surface area contributed by atoms with Crippen molar-refractivity contribution >= 4 is 0 Å². The predicted molar refractivity (Wildman–Crippen MR) is 34.8 cm³/mol. The minimum absolute atomic E-state index is 0.721. The monoisotopic (exact) mass is 162 g/mol. The van der Waals surface area contributed by atoms with Crippen LogP contribution in [0.1, 0.15) is 6.92 Å². The van der Waals surface area contributed by atoms with Crippen LogP contribution in [0.25, 0.3) is 0 Å². The molecule has 1 rings (SSSR count). The first kappa shape index (κ1) is 8.16. The van der Waals surface area contributed by atoms with Gasteiger partial charge in [0.15, 0.2) is 0 Å². The van der Waals surface area contributed by atoms with Gasteiger partial charge in [-0.2, -0.15) is 0 Å². The second kappa shape index (κ2) is 2.60. The van der Waals surface area contributed by atoms with Gasteiger partial charge in [0.25, 0.3) is 0 Å². The fourth-order valence-corrected chi connectivity index (χ4v) is 0.851. The summed E-state index contributed by atoms with van der Waals surface area (Å²) in [7, 11) is 0. The molecule has 0 saturated heterocycles. The predicted octanol–water partition coefficient (Wildman–Crippen LogP) is -0.588. The highest BCUT2D eigenvalue weighted by atomic mass is 16.6. The summed E-state index contributed by atoms with van der Waals surface area (Å²) in [5.74, 6) is -1.45. The Morgan fingerprint density at radius 3 is 2.36 bits per heavy atom. The molecular formula is C6H10O5. The summed E-state index contributed by atoms with van der Waals surface area (Å²) in [6.45, 7) is 1.47. The molecule has 0 aromatic rings. The Kier molecular flexibility index (Phi) is 1.92. The maximum atomic E-state index is 9.05. The molecule has 0 radical (unpaired) electrons. The van der Waals surface area contributed by atoms with Crippen molar-refractivity contribution in [3.8, 4) is 0 Å². The lowest BCUT2D eigenvalue weighted by Crippen LogP contribution is -2.42. The van der Waals surface area contributed by atoms with E-state index in [4.69, 9.17) is 20.4 Å². The van der Waals surface area contributed by atoms with Gasteiger partial charge in [0, 0.05) is 0 Å². The Balaban J connectivity index is 2.86. The summed E-state index contributed by atoms with van der Waals surface area (Å²) in [6.07, 6.45) is -3.38. The number of ether oxygens (including phenoxy) is 1. The van der Waals surface area contributed by atoms with Gasteiger partial charge in [-0.15, -0.1) is 0 Å². The SMILES string of the molecule is C[C@@H]1OC(O)=C(O)[C@H](O)[C@H]1O. The first-order valence-corrected chi connectivity index (χ1v) is 3.19. The largest absolute Gasteiger partial charge is 0.504 e. The van der Waals surface area contributed by atoms with Crippen molar-refractivity contribution in [3.05, 3.63) is 11.7 Å². The van der Waals surface area contributed by atoms with Gasteiger partial charge in [0.05, 0.1) is 0 Å². The van der Waals surface area contributed by atoms with Crippen LogP contribution in [0.3, 0.4) is 0 Å². The standard InChI is InChI=1S/C6H10O5/c1-2-3(7)4(8)5(9)6(10)11-2/h2-4,7-10H,1H3/t2-,3-,4+/m0/s1. The van der Waals surface area contributed by atoms with Crippen LogP contribution in [0.4, 0.5) is 0 Å². The Bertz CT molecular complexity index is 187. The fraction of sp³-hybridized carbons (Fsp3) is 0.667. The van der Waals surface area contributed by atoms with Crippen molar-refractivity contribution in [2.75, 3.05) is 0 Å². The van der Waals surface area contributed by atoms with Crippen molar-refractivity contribution in [2.45, 2.75) is 25.2 Å². The molecule has 5 nitrogen and oxygen atoms in total. The van der Waals surface area contributed by atoms with E-state index in [1.54, 1.807) is 0 Å². The second-order valence-electron chi connectivity index (χ2n) is 2.45. The summed E-state index contributed by atoms with van der Waals surface area (Å²) < 4.78 is 4.56. The number of rotatable bonds is 0. The first-order chi connectivity index (χ1) is 5.04. The summed E-state index contributed by atoms with van der Waals surface area (Å²) >= 11 is 0. The van der Waals surface area contributed by atoms with Crippen molar-refractivity contribution in [1.29, 1.82) is 0 Å². The van der Waals surface area contributed by atoms with E-state index in [1.165, 1.54) is 6.92 Å². The van der Waals surface area contributed by atoms with Gasteiger partial charge in [-0.1, -0.05) is 0 Å². The van der Waals surface area contributed by atoms with E-state index in [9.17, 15) is 0 Å². The Labute approximate surface area is 63.2 Å². The van der Waals surface area contributed by atoms with E-state index in [0.717, 1.165) is 0 Å². The number of hydrogen-bond donors (Lipinski definition) is 4. The highest BCUT2D eigenvalue weighted by Gasteiger charge is 2.35. The van der Waals surface area contributed by atoms with Crippen LogP contribution < -0.4 is 0 Å². The molecular weight excluding hydrogens is 152 g/mol. The zero-order valence-electron chi connectivity index (χ0n) is 5.93. The average molecular weight is 162 g/mol. The normalized spacial score (nSPS) is 38.6. The molecule has 3 atom stereocenters. The molecule has 0 aromatic carbocycles. The molecule has 0 aromatic heterocycles. The zero-order chi connectivity index (χ0) is 8.59. The topological polar surface area (TPSA) is 90.2 Å².